The van der Waals surface area contributed by atoms with Crippen LogP contribution in [-0.2, 0) is 0 Å². The molecule has 0 saturated heterocycles. The average Bonchev–Trinajstić information content (AvgIpc) is 3.09. The maximum Gasteiger partial charge on any atom is 0.337 e. The third-order valence-corrected chi connectivity index (χ3v) is 3.63. The molecule has 0 unspecified atom stereocenters. The van der Waals surface area contributed by atoms with Crippen LogP contribution in [0.15, 0.2) is 91.0 Å². The van der Waals surface area contributed by atoms with Crippen molar-refractivity contribution >= 4 is 0 Å². The second-order valence-corrected chi connectivity index (χ2v) is 5.15. The molecule has 3 aromatic carbocycles. The first-order valence-corrected chi connectivity index (χ1v) is 7.48. The molecule has 0 saturated carbocycles. The summed E-state index contributed by atoms with van der Waals surface area (Å²) in [5, 5.41) is 8.78. The minimum atomic E-state index is 0. The molecular weight excluding hydrogens is 320 g/mol. The Morgan fingerprint density at radius 1 is 0.667 bits per heavy atom. The summed E-state index contributed by atoms with van der Waals surface area (Å²) in [5.74, 6) is 0.806. The summed E-state index contributed by atoms with van der Waals surface area (Å²) >= 11 is 0. The van der Waals surface area contributed by atoms with E-state index in [1.54, 1.807) is 0 Å². The van der Waals surface area contributed by atoms with Gasteiger partial charge < -0.3 is 12.4 Å². The highest BCUT2D eigenvalue weighted by molar-refractivity contribution is 5.51. The van der Waals surface area contributed by atoms with E-state index in [9.17, 15) is 0 Å². The molecule has 1 aromatic heterocycles. The van der Waals surface area contributed by atoms with E-state index < -0.39 is 0 Å². The van der Waals surface area contributed by atoms with Crippen LogP contribution in [-0.4, -0.2) is 15.1 Å². The summed E-state index contributed by atoms with van der Waals surface area (Å²) in [6.45, 7) is 0. The molecule has 0 radical (unpaired) electrons. The monoisotopic (exact) mass is 334 g/mol. The van der Waals surface area contributed by atoms with E-state index >= 15 is 0 Å². The highest BCUT2D eigenvalue weighted by Crippen LogP contribution is 2.15. The maximum absolute atomic E-state index is 4.42. The van der Waals surface area contributed by atoms with Gasteiger partial charge in [-0.2, -0.15) is 0 Å². The van der Waals surface area contributed by atoms with Crippen LogP contribution in [0.2, 0.25) is 0 Å². The van der Waals surface area contributed by atoms with Crippen molar-refractivity contribution in [3.8, 4) is 22.8 Å². The van der Waals surface area contributed by atoms with Gasteiger partial charge in [0.25, 0.3) is 0 Å². The molecule has 0 bridgehead atoms. The van der Waals surface area contributed by atoms with E-state index in [0.717, 1.165) is 22.8 Å². The van der Waals surface area contributed by atoms with Crippen molar-refractivity contribution in [3.63, 3.8) is 0 Å². The molecule has 1 heterocycles. The van der Waals surface area contributed by atoms with Gasteiger partial charge in [-0.15, -0.1) is 4.68 Å². The highest BCUT2D eigenvalue weighted by Gasteiger charge is 2.24. The number of hydrogen-bond donors (Lipinski definition) is 0. The van der Waals surface area contributed by atoms with Gasteiger partial charge in [0, 0.05) is 0 Å². The molecule has 0 spiro atoms. The second kappa shape index (κ2) is 7.06. The van der Waals surface area contributed by atoms with Gasteiger partial charge in [-0.05, 0) is 41.2 Å². The Morgan fingerprint density at radius 3 is 1.83 bits per heavy atom. The molecule has 0 N–H and O–H groups in total. The molecule has 0 atom stereocenters. The maximum atomic E-state index is 4.42. The molecular formula is C19H15ClN4. The van der Waals surface area contributed by atoms with Gasteiger partial charge in [0.05, 0.1) is 5.56 Å². The van der Waals surface area contributed by atoms with Crippen molar-refractivity contribution in [1.29, 1.82) is 0 Å². The van der Waals surface area contributed by atoms with Crippen molar-refractivity contribution in [2.45, 2.75) is 0 Å². The van der Waals surface area contributed by atoms with E-state index in [2.05, 4.69) is 22.4 Å². The van der Waals surface area contributed by atoms with Crippen LogP contribution in [0.1, 0.15) is 0 Å². The predicted octanol–water partition coefficient (Wildman–Crippen LogP) is 0.215. The molecule has 24 heavy (non-hydrogen) atoms. The summed E-state index contributed by atoms with van der Waals surface area (Å²) in [7, 11) is 0. The third kappa shape index (κ3) is 2.92. The zero-order valence-electron chi connectivity index (χ0n) is 12.8. The van der Waals surface area contributed by atoms with E-state index in [1.807, 2.05) is 88.3 Å². The molecule has 0 amide bonds. The van der Waals surface area contributed by atoms with Crippen molar-refractivity contribution in [3.05, 3.63) is 91.0 Å². The van der Waals surface area contributed by atoms with Crippen molar-refractivity contribution in [1.82, 2.24) is 15.1 Å². The van der Waals surface area contributed by atoms with Crippen LogP contribution in [0, 0.1) is 0 Å². The quantitative estimate of drug-likeness (QED) is 0.502. The average molecular weight is 335 g/mol. The highest BCUT2D eigenvalue weighted by atomic mass is 35.5. The lowest BCUT2D eigenvalue weighted by Gasteiger charge is -2.04. The smallest absolute Gasteiger partial charge is 0.337 e. The summed E-state index contributed by atoms with van der Waals surface area (Å²) in [6.07, 6.45) is 0. The Bertz CT molecular complexity index is 849. The Kier molecular flexibility index (Phi) is 4.68. The molecule has 5 heteroatoms. The van der Waals surface area contributed by atoms with Crippen molar-refractivity contribution in [2.75, 3.05) is 0 Å². The zero-order valence-corrected chi connectivity index (χ0v) is 13.6. The number of para-hydroxylation sites is 2. The number of tetrazole rings is 1. The molecule has 0 aliphatic rings. The molecule has 118 valence electrons. The lowest BCUT2D eigenvalue weighted by molar-refractivity contribution is -0.669. The van der Waals surface area contributed by atoms with Gasteiger partial charge in [0.15, 0.2) is 5.21 Å². The van der Waals surface area contributed by atoms with E-state index in [-0.39, 0.29) is 12.4 Å². The van der Waals surface area contributed by atoms with Gasteiger partial charge in [-0.1, -0.05) is 54.6 Å². The first-order chi connectivity index (χ1) is 11.4. The summed E-state index contributed by atoms with van der Waals surface area (Å²) in [6, 6.07) is 30.2. The van der Waals surface area contributed by atoms with Gasteiger partial charge in [0.1, 0.15) is 16.5 Å². The molecule has 4 nitrogen and oxygen atoms in total. The first kappa shape index (κ1) is 15.9. The molecule has 4 aromatic rings. The third-order valence-electron chi connectivity index (χ3n) is 3.63. The Hall–Kier alpha value is -2.98. The van der Waals surface area contributed by atoms with Crippen LogP contribution < -0.4 is 17.1 Å². The number of hydrogen-bond acceptors (Lipinski definition) is 2. The standard InChI is InChI=1S/C19H15N4.ClH/c1-4-10-16(11-5-1)19-20-21-23(18-14-8-3-9-15-18)22(19)17-12-6-2-7-13-17;/h1-15H;1H/q+1;/p-1. The Balaban J connectivity index is 0.00000169. The number of rotatable bonds is 3. The fraction of sp³-hybridized carbons (Fsp3) is 0. The summed E-state index contributed by atoms with van der Waals surface area (Å²) in [4.78, 5) is 1.82. The SMILES string of the molecule is [Cl-].c1ccc(-c2nnn(-c3ccccc3)[n+]2-c2ccccc2)cc1. The van der Waals surface area contributed by atoms with Gasteiger partial charge in [0.2, 0.25) is 0 Å². The minimum absolute atomic E-state index is 0. The largest absolute Gasteiger partial charge is 1.00 e. The second-order valence-electron chi connectivity index (χ2n) is 5.15. The van der Waals surface area contributed by atoms with Crippen LogP contribution in [0.25, 0.3) is 22.8 Å². The molecule has 0 fully saturated rings. The number of nitrogens with zero attached hydrogens (tertiary/aromatic N) is 4. The predicted molar refractivity (Wildman–Crippen MR) is 88.3 cm³/mol. The summed E-state index contributed by atoms with van der Waals surface area (Å²) < 4.78 is 2.02. The zero-order chi connectivity index (χ0) is 15.5. The van der Waals surface area contributed by atoms with Crippen LogP contribution in [0.4, 0.5) is 0 Å². The van der Waals surface area contributed by atoms with E-state index in [1.165, 1.54) is 0 Å². The van der Waals surface area contributed by atoms with Crippen molar-refractivity contribution in [2.24, 2.45) is 0 Å². The van der Waals surface area contributed by atoms with E-state index in [0.29, 0.717) is 0 Å². The van der Waals surface area contributed by atoms with Crippen LogP contribution >= 0.6 is 0 Å². The Labute approximate surface area is 146 Å². The topological polar surface area (TPSA) is 34.6 Å². The molecule has 0 aliphatic heterocycles. The number of benzene rings is 3. The van der Waals surface area contributed by atoms with Gasteiger partial charge in [-0.25, -0.2) is 0 Å². The Morgan fingerprint density at radius 2 is 1.21 bits per heavy atom. The lowest BCUT2D eigenvalue weighted by Crippen LogP contribution is -3.00. The van der Waals surface area contributed by atoms with E-state index in [4.69, 9.17) is 0 Å². The lowest BCUT2D eigenvalue weighted by atomic mass is 10.2. The number of aromatic nitrogens is 4. The minimum Gasteiger partial charge on any atom is -1.00 e. The van der Waals surface area contributed by atoms with Gasteiger partial charge in [-0.3, -0.25) is 0 Å². The summed E-state index contributed by atoms with van der Waals surface area (Å²) in [5.41, 5.74) is 3.00. The first-order valence-electron chi connectivity index (χ1n) is 7.48. The number of halogens is 1. The van der Waals surface area contributed by atoms with Crippen LogP contribution in [0.3, 0.4) is 0 Å². The molecule has 0 aliphatic carbocycles. The van der Waals surface area contributed by atoms with Gasteiger partial charge >= 0.3 is 5.82 Å². The van der Waals surface area contributed by atoms with Crippen LogP contribution in [0.5, 0.6) is 0 Å². The van der Waals surface area contributed by atoms with Crippen molar-refractivity contribution < 1.29 is 17.1 Å². The molecule has 4 rings (SSSR count). The normalized spacial score (nSPS) is 10.2. The fourth-order valence-electron chi connectivity index (χ4n) is 2.55. The fourth-order valence-corrected chi connectivity index (χ4v) is 2.55.